The van der Waals surface area contributed by atoms with Gasteiger partial charge in [-0.25, -0.2) is 0 Å². The number of hydrogen-bond acceptors (Lipinski definition) is 2. The Morgan fingerprint density at radius 3 is 2.53 bits per heavy atom. The van der Waals surface area contributed by atoms with Crippen LogP contribution in [0.1, 0.15) is 44.6 Å². The van der Waals surface area contributed by atoms with Gasteiger partial charge in [-0.15, -0.1) is 0 Å². The average molecular weight is 209 g/mol. The Balaban J connectivity index is 2.93. The second-order valence-electron chi connectivity index (χ2n) is 3.90. The lowest BCUT2D eigenvalue weighted by atomic mass is 10.2. The van der Waals surface area contributed by atoms with Crippen molar-refractivity contribution in [3.8, 4) is 0 Å². The normalized spacial score (nSPS) is 13.1. The summed E-state index contributed by atoms with van der Waals surface area (Å²) in [5.74, 6) is 0. The van der Waals surface area contributed by atoms with Gasteiger partial charge in [0.2, 0.25) is 0 Å². The van der Waals surface area contributed by atoms with Gasteiger partial charge in [-0.05, 0) is 32.4 Å². The first-order valence-electron chi connectivity index (χ1n) is 5.98. The first-order valence-corrected chi connectivity index (χ1v) is 5.98. The molecule has 1 N–H and O–H groups in total. The van der Waals surface area contributed by atoms with E-state index in [1.165, 1.54) is 11.4 Å². The third-order valence-corrected chi connectivity index (χ3v) is 2.85. The lowest BCUT2D eigenvalue weighted by Crippen LogP contribution is -2.24. The molecule has 0 saturated carbocycles. The van der Waals surface area contributed by atoms with E-state index < -0.39 is 0 Å². The highest BCUT2D eigenvalue weighted by atomic mass is 15.3. The Hall–Kier alpha value is -0.830. The first kappa shape index (κ1) is 12.2. The van der Waals surface area contributed by atoms with Gasteiger partial charge < -0.3 is 5.32 Å². The van der Waals surface area contributed by atoms with Crippen molar-refractivity contribution in [3.63, 3.8) is 0 Å². The molecule has 0 aromatic carbocycles. The Morgan fingerprint density at radius 2 is 2.07 bits per heavy atom. The van der Waals surface area contributed by atoms with Gasteiger partial charge in [0.05, 0.1) is 11.7 Å². The number of aryl methyl sites for hydroxylation is 2. The van der Waals surface area contributed by atoms with Gasteiger partial charge in [0.1, 0.15) is 0 Å². The third kappa shape index (κ3) is 2.81. The maximum atomic E-state index is 4.67. The zero-order valence-corrected chi connectivity index (χ0v) is 10.4. The summed E-state index contributed by atoms with van der Waals surface area (Å²) in [5, 5.41) is 7.90. The quantitative estimate of drug-likeness (QED) is 0.778. The number of nitrogens with one attached hydrogen (secondary N) is 1. The second-order valence-corrected chi connectivity index (χ2v) is 3.90. The fourth-order valence-corrected chi connectivity index (χ4v) is 1.88. The molecule has 1 unspecified atom stereocenters. The van der Waals surface area contributed by atoms with Gasteiger partial charge in [-0.2, -0.15) is 5.10 Å². The maximum absolute atomic E-state index is 4.67. The van der Waals surface area contributed by atoms with Crippen LogP contribution in [-0.2, 0) is 12.8 Å². The second kappa shape index (κ2) is 5.91. The van der Waals surface area contributed by atoms with Crippen molar-refractivity contribution in [2.75, 3.05) is 13.6 Å². The minimum absolute atomic E-state index is 0.491. The fraction of sp³-hybridized carbons (Fsp3) is 0.750. The van der Waals surface area contributed by atoms with Crippen molar-refractivity contribution in [2.24, 2.45) is 0 Å². The molecule has 0 spiro atoms. The van der Waals surface area contributed by atoms with E-state index in [0.29, 0.717) is 6.04 Å². The summed E-state index contributed by atoms with van der Waals surface area (Å²) in [4.78, 5) is 0. The number of nitrogens with zero attached hydrogens (tertiary/aromatic N) is 2. The van der Waals surface area contributed by atoms with E-state index in [1.54, 1.807) is 0 Å². The molecule has 0 bridgehead atoms. The molecule has 1 atom stereocenters. The summed E-state index contributed by atoms with van der Waals surface area (Å²) in [6.07, 6.45) is 3.21. The van der Waals surface area contributed by atoms with Crippen molar-refractivity contribution in [1.82, 2.24) is 15.1 Å². The van der Waals surface area contributed by atoms with Crippen LogP contribution in [0.5, 0.6) is 0 Å². The molecule has 86 valence electrons. The van der Waals surface area contributed by atoms with Crippen molar-refractivity contribution in [1.29, 1.82) is 0 Å². The van der Waals surface area contributed by atoms with E-state index in [2.05, 4.69) is 41.9 Å². The number of hydrogen-bond donors (Lipinski definition) is 1. The number of likely N-dealkylation sites (N-methyl/N-ethyl adjacent to an activating group) is 1. The summed E-state index contributed by atoms with van der Waals surface area (Å²) in [7, 11) is 2.00. The van der Waals surface area contributed by atoms with Crippen LogP contribution in [0.2, 0.25) is 0 Å². The minimum Gasteiger partial charge on any atom is -0.318 e. The van der Waals surface area contributed by atoms with Gasteiger partial charge in [0, 0.05) is 12.2 Å². The molecule has 1 aromatic heterocycles. The molecule has 0 fully saturated rings. The largest absolute Gasteiger partial charge is 0.318 e. The van der Waals surface area contributed by atoms with Crippen molar-refractivity contribution in [3.05, 3.63) is 17.5 Å². The molecule has 3 nitrogen and oxygen atoms in total. The van der Waals surface area contributed by atoms with Crippen LogP contribution < -0.4 is 5.32 Å². The van der Waals surface area contributed by atoms with Crippen LogP contribution in [-0.4, -0.2) is 23.4 Å². The average Bonchev–Trinajstić information content (AvgIpc) is 2.68. The van der Waals surface area contributed by atoms with Crippen molar-refractivity contribution >= 4 is 0 Å². The highest BCUT2D eigenvalue weighted by Crippen LogP contribution is 2.15. The lowest BCUT2D eigenvalue weighted by Gasteiger charge is -2.17. The van der Waals surface area contributed by atoms with E-state index >= 15 is 0 Å². The molecule has 15 heavy (non-hydrogen) atoms. The SMILES string of the molecule is CCc1cc(CC)n(C(CC)CNC)n1. The van der Waals surface area contributed by atoms with Gasteiger partial charge >= 0.3 is 0 Å². The van der Waals surface area contributed by atoms with E-state index in [-0.39, 0.29) is 0 Å². The van der Waals surface area contributed by atoms with E-state index in [9.17, 15) is 0 Å². The highest BCUT2D eigenvalue weighted by molar-refractivity contribution is 5.11. The molecule has 1 rings (SSSR count). The predicted octanol–water partition coefficient (Wildman–Crippen LogP) is 2.18. The molecular weight excluding hydrogens is 186 g/mol. The van der Waals surface area contributed by atoms with Crippen LogP contribution in [0, 0.1) is 0 Å². The Bertz CT molecular complexity index is 291. The number of rotatable bonds is 6. The molecule has 0 saturated heterocycles. The fourth-order valence-electron chi connectivity index (χ4n) is 1.88. The smallest absolute Gasteiger partial charge is 0.0644 e. The van der Waals surface area contributed by atoms with Gasteiger partial charge in [-0.3, -0.25) is 4.68 Å². The molecule has 0 amide bonds. The molecule has 1 heterocycles. The molecular formula is C12H23N3. The minimum atomic E-state index is 0.491. The number of aromatic nitrogens is 2. The van der Waals surface area contributed by atoms with Gasteiger partial charge in [0.25, 0.3) is 0 Å². The molecule has 3 heteroatoms. The molecule has 0 aliphatic heterocycles. The maximum Gasteiger partial charge on any atom is 0.0644 e. The van der Waals surface area contributed by atoms with E-state index in [4.69, 9.17) is 0 Å². The van der Waals surface area contributed by atoms with Crippen molar-refractivity contribution in [2.45, 2.75) is 46.1 Å². The molecule has 1 aromatic rings. The third-order valence-electron chi connectivity index (χ3n) is 2.85. The topological polar surface area (TPSA) is 29.9 Å². The predicted molar refractivity (Wildman–Crippen MR) is 64.2 cm³/mol. The Labute approximate surface area is 92.9 Å². The molecule has 0 radical (unpaired) electrons. The van der Waals surface area contributed by atoms with Crippen LogP contribution in [0.15, 0.2) is 6.07 Å². The van der Waals surface area contributed by atoms with Crippen LogP contribution in [0.25, 0.3) is 0 Å². The van der Waals surface area contributed by atoms with Crippen LogP contribution >= 0.6 is 0 Å². The lowest BCUT2D eigenvalue weighted by molar-refractivity contribution is 0.411. The zero-order valence-electron chi connectivity index (χ0n) is 10.4. The van der Waals surface area contributed by atoms with E-state index in [0.717, 1.165) is 25.8 Å². The summed E-state index contributed by atoms with van der Waals surface area (Å²) >= 11 is 0. The van der Waals surface area contributed by atoms with Crippen molar-refractivity contribution < 1.29 is 0 Å². The van der Waals surface area contributed by atoms with Crippen LogP contribution in [0.3, 0.4) is 0 Å². The van der Waals surface area contributed by atoms with E-state index in [1.807, 2.05) is 7.05 Å². The Morgan fingerprint density at radius 1 is 1.33 bits per heavy atom. The standard InChI is InChI=1S/C12H23N3/c1-5-10-8-11(6-2)15(14-10)12(7-3)9-13-4/h8,12-13H,5-7,9H2,1-4H3. The highest BCUT2D eigenvalue weighted by Gasteiger charge is 2.13. The van der Waals surface area contributed by atoms with Gasteiger partial charge in [-0.1, -0.05) is 20.8 Å². The summed E-state index contributed by atoms with van der Waals surface area (Å²) in [6.45, 7) is 7.56. The Kier molecular flexibility index (Phi) is 4.82. The summed E-state index contributed by atoms with van der Waals surface area (Å²) in [5.41, 5.74) is 2.57. The first-order chi connectivity index (χ1) is 7.26. The molecule has 0 aliphatic rings. The monoisotopic (exact) mass is 209 g/mol. The summed E-state index contributed by atoms with van der Waals surface area (Å²) < 4.78 is 2.20. The summed E-state index contributed by atoms with van der Waals surface area (Å²) in [6, 6.07) is 2.73. The zero-order chi connectivity index (χ0) is 11.3. The molecule has 0 aliphatic carbocycles. The van der Waals surface area contributed by atoms with Gasteiger partial charge in [0.15, 0.2) is 0 Å². The van der Waals surface area contributed by atoms with Crippen LogP contribution in [0.4, 0.5) is 0 Å².